The zero-order valence-electron chi connectivity index (χ0n) is 9.45. The first kappa shape index (κ1) is 10.9. The van der Waals surface area contributed by atoms with Crippen molar-refractivity contribution in [3.63, 3.8) is 0 Å². The summed E-state index contributed by atoms with van der Waals surface area (Å²) in [4.78, 5) is 4.59. The average molecular weight is 254 g/mol. The van der Waals surface area contributed by atoms with Gasteiger partial charge in [-0.1, -0.05) is 41.6 Å². The third-order valence-electron chi connectivity index (χ3n) is 2.66. The number of hydrogen-bond donors (Lipinski definition) is 1. The van der Waals surface area contributed by atoms with Crippen molar-refractivity contribution < 1.29 is 5.21 Å². The second-order valence-electron chi connectivity index (χ2n) is 3.85. The Morgan fingerprint density at radius 2 is 1.83 bits per heavy atom. The molecule has 0 radical (unpaired) electrons. The van der Waals surface area contributed by atoms with Crippen molar-refractivity contribution in [2.45, 2.75) is 0 Å². The normalized spacial score (nSPS) is 11.3. The molecular weight excluding hydrogens is 244 g/mol. The van der Waals surface area contributed by atoms with Gasteiger partial charge in [-0.05, 0) is 17.7 Å². The first-order chi connectivity index (χ1) is 8.86. The lowest BCUT2D eigenvalue weighted by molar-refractivity contribution is 0.322. The van der Waals surface area contributed by atoms with Crippen LogP contribution in [-0.4, -0.2) is 16.4 Å². The van der Waals surface area contributed by atoms with Crippen LogP contribution in [0.15, 0.2) is 53.7 Å². The monoisotopic (exact) mass is 254 g/mol. The van der Waals surface area contributed by atoms with Crippen LogP contribution in [0.1, 0.15) is 5.56 Å². The van der Waals surface area contributed by atoms with Crippen LogP contribution in [-0.2, 0) is 0 Å². The first-order valence-electron chi connectivity index (χ1n) is 5.50. The molecule has 0 aliphatic rings. The SMILES string of the molecule is O/N=C/c1ccc(-c2nc3ccccc3s2)cc1. The molecule has 1 heterocycles. The number of thiazole rings is 1. The van der Waals surface area contributed by atoms with Crippen LogP contribution in [0.3, 0.4) is 0 Å². The summed E-state index contributed by atoms with van der Waals surface area (Å²) in [6, 6.07) is 15.9. The Morgan fingerprint density at radius 1 is 1.06 bits per heavy atom. The van der Waals surface area contributed by atoms with Crippen molar-refractivity contribution in [2.75, 3.05) is 0 Å². The van der Waals surface area contributed by atoms with Crippen LogP contribution in [0.5, 0.6) is 0 Å². The molecule has 0 atom stereocenters. The molecule has 3 rings (SSSR count). The van der Waals surface area contributed by atoms with Gasteiger partial charge in [-0.15, -0.1) is 11.3 Å². The minimum absolute atomic E-state index is 0.863. The summed E-state index contributed by atoms with van der Waals surface area (Å²) in [7, 11) is 0. The molecule has 2 aromatic carbocycles. The van der Waals surface area contributed by atoms with Crippen molar-refractivity contribution in [2.24, 2.45) is 5.16 Å². The van der Waals surface area contributed by atoms with E-state index in [4.69, 9.17) is 5.21 Å². The summed E-state index contributed by atoms with van der Waals surface area (Å²) in [5.41, 5.74) is 2.96. The van der Waals surface area contributed by atoms with E-state index in [1.165, 1.54) is 10.9 Å². The maximum atomic E-state index is 8.46. The maximum Gasteiger partial charge on any atom is 0.124 e. The van der Waals surface area contributed by atoms with Crippen molar-refractivity contribution in [1.82, 2.24) is 4.98 Å². The van der Waals surface area contributed by atoms with E-state index < -0.39 is 0 Å². The Labute approximate surface area is 108 Å². The van der Waals surface area contributed by atoms with Crippen molar-refractivity contribution in [3.05, 3.63) is 54.1 Å². The topological polar surface area (TPSA) is 45.5 Å². The van der Waals surface area contributed by atoms with Gasteiger partial charge in [0.25, 0.3) is 0 Å². The highest BCUT2D eigenvalue weighted by Gasteiger charge is 2.05. The second kappa shape index (κ2) is 4.58. The van der Waals surface area contributed by atoms with Crippen LogP contribution >= 0.6 is 11.3 Å². The Morgan fingerprint density at radius 3 is 2.56 bits per heavy atom. The van der Waals surface area contributed by atoms with Gasteiger partial charge in [0.2, 0.25) is 0 Å². The van der Waals surface area contributed by atoms with Gasteiger partial charge in [0.05, 0.1) is 16.4 Å². The molecule has 0 aliphatic carbocycles. The van der Waals surface area contributed by atoms with Crippen LogP contribution < -0.4 is 0 Å². The zero-order chi connectivity index (χ0) is 12.4. The molecule has 0 spiro atoms. The third-order valence-corrected chi connectivity index (χ3v) is 3.74. The van der Waals surface area contributed by atoms with Gasteiger partial charge >= 0.3 is 0 Å². The summed E-state index contributed by atoms with van der Waals surface area (Å²) in [5, 5.41) is 12.5. The fraction of sp³-hybridized carbons (Fsp3) is 0. The highest BCUT2D eigenvalue weighted by atomic mass is 32.1. The predicted molar refractivity (Wildman–Crippen MR) is 74.4 cm³/mol. The highest BCUT2D eigenvalue weighted by molar-refractivity contribution is 7.21. The van der Waals surface area contributed by atoms with Crippen LogP contribution in [0.4, 0.5) is 0 Å². The van der Waals surface area contributed by atoms with E-state index in [9.17, 15) is 0 Å². The number of fused-ring (bicyclic) bond motifs is 1. The maximum absolute atomic E-state index is 8.46. The number of para-hydroxylation sites is 1. The quantitative estimate of drug-likeness (QED) is 0.430. The number of aromatic nitrogens is 1. The van der Waals surface area contributed by atoms with E-state index in [2.05, 4.69) is 16.2 Å². The lowest BCUT2D eigenvalue weighted by Crippen LogP contribution is -1.81. The number of oxime groups is 1. The van der Waals surface area contributed by atoms with E-state index in [1.54, 1.807) is 11.3 Å². The van der Waals surface area contributed by atoms with Gasteiger partial charge in [0, 0.05) is 5.56 Å². The molecule has 4 heteroatoms. The number of nitrogens with zero attached hydrogens (tertiary/aromatic N) is 2. The van der Waals surface area contributed by atoms with Crippen LogP contribution in [0, 0.1) is 0 Å². The molecule has 18 heavy (non-hydrogen) atoms. The molecule has 3 aromatic rings. The fourth-order valence-corrected chi connectivity index (χ4v) is 2.75. The molecule has 1 N–H and O–H groups in total. The largest absolute Gasteiger partial charge is 0.411 e. The van der Waals surface area contributed by atoms with Gasteiger partial charge in [-0.25, -0.2) is 4.98 Å². The lowest BCUT2D eigenvalue weighted by Gasteiger charge is -1.96. The van der Waals surface area contributed by atoms with Gasteiger partial charge < -0.3 is 5.21 Å². The molecule has 0 aliphatic heterocycles. The Bertz CT molecular complexity index is 668. The van der Waals surface area contributed by atoms with Gasteiger partial charge in [-0.2, -0.15) is 0 Å². The van der Waals surface area contributed by atoms with Gasteiger partial charge in [-0.3, -0.25) is 0 Å². The molecule has 0 unspecified atom stereocenters. The summed E-state index contributed by atoms with van der Waals surface area (Å²) in [6.07, 6.45) is 1.40. The molecule has 88 valence electrons. The second-order valence-corrected chi connectivity index (χ2v) is 4.88. The van der Waals surface area contributed by atoms with Crippen molar-refractivity contribution >= 4 is 27.8 Å². The summed E-state index contributed by atoms with van der Waals surface area (Å²) < 4.78 is 1.19. The summed E-state index contributed by atoms with van der Waals surface area (Å²) in [5.74, 6) is 0. The Hall–Kier alpha value is -2.20. The molecule has 0 saturated carbocycles. The van der Waals surface area contributed by atoms with E-state index in [-0.39, 0.29) is 0 Å². The van der Waals surface area contributed by atoms with Crippen molar-refractivity contribution in [1.29, 1.82) is 0 Å². The third kappa shape index (κ3) is 1.98. The zero-order valence-corrected chi connectivity index (χ0v) is 10.3. The Balaban J connectivity index is 2.03. The first-order valence-corrected chi connectivity index (χ1v) is 6.32. The van der Waals surface area contributed by atoms with Crippen LogP contribution in [0.2, 0.25) is 0 Å². The lowest BCUT2D eigenvalue weighted by atomic mass is 10.1. The van der Waals surface area contributed by atoms with E-state index in [0.717, 1.165) is 21.7 Å². The standard InChI is InChI=1S/C14H10N2OS/c17-15-9-10-5-7-11(8-6-10)14-16-12-3-1-2-4-13(12)18-14/h1-9,17H/b15-9+. The van der Waals surface area contributed by atoms with Crippen LogP contribution in [0.25, 0.3) is 20.8 Å². The molecule has 0 saturated heterocycles. The highest BCUT2D eigenvalue weighted by Crippen LogP contribution is 2.29. The average Bonchev–Trinajstić information content (AvgIpc) is 2.84. The van der Waals surface area contributed by atoms with Crippen molar-refractivity contribution in [3.8, 4) is 10.6 Å². The number of benzene rings is 2. The minimum atomic E-state index is 0.863. The van der Waals surface area contributed by atoms with Gasteiger partial charge in [0.15, 0.2) is 0 Å². The Kier molecular flexibility index (Phi) is 2.78. The molecule has 3 nitrogen and oxygen atoms in total. The molecular formula is C14H10N2OS. The molecule has 1 aromatic heterocycles. The fourth-order valence-electron chi connectivity index (χ4n) is 1.77. The summed E-state index contributed by atoms with van der Waals surface area (Å²) in [6.45, 7) is 0. The van der Waals surface area contributed by atoms with Gasteiger partial charge in [0.1, 0.15) is 5.01 Å². The van der Waals surface area contributed by atoms with E-state index in [1.807, 2.05) is 42.5 Å². The minimum Gasteiger partial charge on any atom is -0.411 e. The summed E-state index contributed by atoms with van der Waals surface area (Å²) >= 11 is 1.68. The molecule has 0 fully saturated rings. The smallest absolute Gasteiger partial charge is 0.124 e. The van der Waals surface area contributed by atoms with E-state index >= 15 is 0 Å². The number of rotatable bonds is 2. The molecule has 0 bridgehead atoms. The molecule has 0 amide bonds. The number of hydrogen-bond acceptors (Lipinski definition) is 4. The van der Waals surface area contributed by atoms with E-state index in [0.29, 0.717) is 0 Å². The predicted octanol–water partition coefficient (Wildman–Crippen LogP) is 3.77.